The van der Waals surface area contributed by atoms with Gasteiger partial charge in [-0.3, -0.25) is 4.79 Å². The molecule has 1 saturated heterocycles. The number of allylic oxidation sites excluding steroid dienone is 1. The molecule has 3 aromatic rings. The van der Waals surface area contributed by atoms with Gasteiger partial charge in [-0.1, -0.05) is 28.1 Å². The van der Waals surface area contributed by atoms with Crippen LogP contribution in [-0.4, -0.2) is 58.9 Å². The summed E-state index contributed by atoms with van der Waals surface area (Å²) in [6.45, 7) is 1.04. The lowest BCUT2D eigenvalue weighted by molar-refractivity contribution is -0.190. The van der Waals surface area contributed by atoms with Gasteiger partial charge in [0.1, 0.15) is 37.7 Å². The Labute approximate surface area is 200 Å². The standard InChI is InChI=1S/C24H25BrN4O4/c1-28(2)12-11-23(30)18-3-9-21(10-4-18)31-13-22-14-32-24(33-22,15-29-17-26-16-27-29)19-5-7-20(25)8-6-19/h3-12,16-17,22H,13-15H2,1-2H3/b12-11+. The summed E-state index contributed by atoms with van der Waals surface area (Å²) in [5, 5.41) is 4.20. The van der Waals surface area contributed by atoms with Crippen molar-refractivity contribution >= 4 is 21.7 Å². The fraction of sp³-hybridized carbons (Fsp3) is 0.292. The van der Waals surface area contributed by atoms with E-state index in [-0.39, 0.29) is 11.9 Å². The molecular weight excluding hydrogens is 488 g/mol. The summed E-state index contributed by atoms with van der Waals surface area (Å²) >= 11 is 3.47. The van der Waals surface area contributed by atoms with Gasteiger partial charge < -0.3 is 19.1 Å². The minimum Gasteiger partial charge on any atom is -0.491 e. The molecule has 2 heterocycles. The number of ether oxygens (including phenoxy) is 3. The van der Waals surface area contributed by atoms with Crippen LogP contribution in [-0.2, 0) is 21.8 Å². The van der Waals surface area contributed by atoms with Crippen LogP contribution in [0.15, 0.2) is 77.9 Å². The maximum atomic E-state index is 12.2. The minimum absolute atomic E-state index is 0.0600. The first-order valence-electron chi connectivity index (χ1n) is 10.5. The Morgan fingerprint density at radius 1 is 1.24 bits per heavy atom. The van der Waals surface area contributed by atoms with Crippen molar-refractivity contribution in [2.75, 3.05) is 27.3 Å². The molecule has 4 rings (SSSR count). The number of nitrogens with zero attached hydrogens (tertiary/aromatic N) is 4. The van der Waals surface area contributed by atoms with Gasteiger partial charge in [-0.15, -0.1) is 0 Å². The van der Waals surface area contributed by atoms with Gasteiger partial charge in [-0.2, -0.15) is 5.10 Å². The zero-order chi connectivity index (χ0) is 23.3. The van der Waals surface area contributed by atoms with Gasteiger partial charge in [-0.25, -0.2) is 9.67 Å². The van der Waals surface area contributed by atoms with Gasteiger partial charge in [0, 0.05) is 42.0 Å². The second-order valence-electron chi connectivity index (χ2n) is 7.88. The van der Waals surface area contributed by atoms with Crippen molar-refractivity contribution in [2.24, 2.45) is 0 Å². The number of benzene rings is 2. The van der Waals surface area contributed by atoms with Crippen LogP contribution in [0.3, 0.4) is 0 Å². The van der Waals surface area contributed by atoms with Gasteiger partial charge in [0.05, 0.1) is 6.61 Å². The predicted octanol–water partition coefficient (Wildman–Crippen LogP) is 3.65. The Morgan fingerprint density at radius 2 is 2.00 bits per heavy atom. The highest BCUT2D eigenvalue weighted by atomic mass is 79.9. The maximum absolute atomic E-state index is 12.2. The predicted molar refractivity (Wildman–Crippen MR) is 126 cm³/mol. The van der Waals surface area contributed by atoms with Crippen LogP contribution in [0.1, 0.15) is 15.9 Å². The summed E-state index contributed by atoms with van der Waals surface area (Å²) in [5.74, 6) is -0.392. The number of halogens is 1. The zero-order valence-electron chi connectivity index (χ0n) is 18.4. The average molecular weight is 513 g/mol. The summed E-state index contributed by atoms with van der Waals surface area (Å²) in [6.07, 6.45) is 6.10. The van der Waals surface area contributed by atoms with Crippen LogP contribution in [0.2, 0.25) is 0 Å². The van der Waals surface area contributed by atoms with Gasteiger partial charge >= 0.3 is 0 Å². The van der Waals surface area contributed by atoms with Crippen molar-refractivity contribution in [3.63, 3.8) is 0 Å². The van der Waals surface area contributed by atoms with E-state index in [0.29, 0.717) is 31.1 Å². The first-order valence-corrected chi connectivity index (χ1v) is 11.2. The lowest BCUT2D eigenvalue weighted by Crippen LogP contribution is -2.34. The number of aromatic nitrogens is 3. The van der Waals surface area contributed by atoms with Crippen LogP contribution < -0.4 is 4.74 Å². The third kappa shape index (κ3) is 5.87. The fourth-order valence-electron chi connectivity index (χ4n) is 3.42. The van der Waals surface area contributed by atoms with Crippen LogP contribution in [0.5, 0.6) is 5.75 Å². The Balaban J connectivity index is 1.40. The molecule has 0 N–H and O–H groups in total. The van der Waals surface area contributed by atoms with Gasteiger partial charge in [0.25, 0.3) is 0 Å². The van der Waals surface area contributed by atoms with Crippen molar-refractivity contribution in [3.05, 3.63) is 89.1 Å². The monoisotopic (exact) mass is 512 g/mol. The highest BCUT2D eigenvalue weighted by Crippen LogP contribution is 2.36. The minimum atomic E-state index is -0.989. The second-order valence-corrected chi connectivity index (χ2v) is 8.80. The Hall–Kier alpha value is -3.01. The third-order valence-electron chi connectivity index (χ3n) is 5.08. The molecule has 172 valence electrons. The molecule has 0 saturated carbocycles. The Kier molecular flexibility index (Phi) is 7.22. The Bertz CT molecular complexity index is 1080. The smallest absolute Gasteiger partial charge is 0.215 e. The molecule has 1 fully saturated rings. The normalized spacial score (nSPS) is 20.3. The summed E-state index contributed by atoms with van der Waals surface area (Å²) < 4.78 is 21.1. The molecule has 1 aliphatic rings. The quantitative estimate of drug-likeness (QED) is 0.319. The summed E-state index contributed by atoms with van der Waals surface area (Å²) in [4.78, 5) is 18.0. The molecule has 0 amide bonds. The van der Waals surface area contributed by atoms with E-state index in [0.717, 1.165) is 10.0 Å². The molecule has 0 bridgehead atoms. The molecule has 1 aromatic heterocycles. The van der Waals surface area contributed by atoms with E-state index in [1.54, 1.807) is 41.5 Å². The highest BCUT2D eigenvalue weighted by Gasteiger charge is 2.44. The Morgan fingerprint density at radius 3 is 2.67 bits per heavy atom. The van der Waals surface area contributed by atoms with E-state index < -0.39 is 5.79 Å². The molecule has 9 heteroatoms. The number of ketones is 1. The van der Waals surface area contributed by atoms with E-state index in [1.807, 2.05) is 43.3 Å². The lowest BCUT2D eigenvalue weighted by Gasteiger charge is -2.28. The van der Waals surface area contributed by atoms with E-state index in [1.165, 1.54) is 12.4 Å². The molecule has 2 aromatic carbocycles. The molecule has 0 radical (unpaired) electrons. The summed E-state index contributed by atoms with van der Waals surface area (Å²) in [6, 6.07) is 14.9. The zero-order valence-corrected chi connectivity index (χ0v) is 20.0. The topological polar surface area (TPSA) is 78.7 Å². The molecule has 2 atom stereocenters. The van der Waals surface area contributed by atoms with E-state index in [9.17, 15) is 4.79 Å². The van der Waals surface area contributed by atoms with Gasteiger partial charge in [0.2, 0.25) is 5.79 Å². The van der Waals surface area contributed by atoms with Crippen molar-refractivity contribution in [2.45, 2.75) is 18.4 Å². The summed E-state index contributed by atoms with van der Waals surface area (Å²) in [7, 11) is 3.74. The van der Waals surface area contributed by atoms with Crippen LogP contribution in [0, 0.1) is 0 Å². The van der Waals surface area contributed by atoms with E-state index >= 15 is 0 Å². The van der Waals surface area contributed by atoms with Gasteiger partial charge in [-0.05, 0) is 36.4 Å². The molecule has 1 aliphatic heterocycles. The fourth-order valence-corrected chi connectivity index (χ4v) is 3.69. The number of rotatable bonds is 9. The van der Waals surface area contributed by atoms with Crippen molar-refractivity contribution in [3.8, 4) is 5.75 Å². The molecule has 0 aliphatic carbocycles. The largest absolute Gasteiger partial charge is 0.491 e. The molecule has 8 nitrogen and oxygen atoms in total. The number of carbonyl (C=O) groups excluding carboxylic acids is 1. The number of hydrogen-bond donors (Lipinski definition) is 0. The average Bonchev–Trinajstić information content (AvgIpc) is 3.48. The van der Waals surface area contributed by atoms with E-state index in [2.05, 4.69) is 26.0 Å². The molecule has 0 spiro atoms. The first-order chi connectivity index (χ1) is 15.9. The summed E-state index contributed by atoms with van der Waals surface area (Å²) in [5.41, 5.74) is 1.49. The van der Waals surface area contributed by atoms with Crippen molar-refractivity contribution in [1.29, 1.82) is 0 Å². The van der Waals surface area contributed by atoms with Crippen LogP contribution in [0.25, 0.3) is 0 Å². The third-order valence-corrected chi connectivity index (χ3v) is 5.61. The molecular formula is C24H25BrN4O4. The van der Waals surface area contributed by atoms with Crippen LogP contribution >= 0.6 is 15.9 Å². The molecule has 33 heavy (non-hydrogen) atoms. The maximum Gasteiger partial charge on any atom is 0.215 e. The SMILES string of the molecule is CN(C)/C=C/C(=O)c1ccc(OCC2COC(Cn3cncn3)(c3ccc(Br)cc3)O2)cc1. The number of carbonyl (C=O) groups is 1. The lowest BCUT2D eigenvalue weighted by atomic mass is 10.1. The van der Waals surface area contributed by atoms with Crippen molar-refractivity contribution < 1.29 is 19.0 Å². The highest BCUT2D eigenvalue weighted by molar-refractivity contribution is 9.10. The van der Waals surface area contributed by atoms with Gasteiger partial charge in [0.15, 0.2) is 5.78 Å². The first kappa shape index (κ1) is 23.2. The van der Waals surface area contributed by atoms with Crippen LogP contribution in [0.4, 0.5) is 0 Å². The molecule has 2 unspecified atom stereocenters. The van der Waals surface area contributed by atoms with E-state index in [4.69, 9.17) is 14.2 Å². The second kappa shape index (κ2) is 10.3. The van der Waals surface area contributed by atoms with Crippen molar-refractivity contribution in [1.82, 2.24) is 19.7 Å². The number of hydrogen-bond acceptors (Lipinski definition) is 7.